The Morgan fingerprint density at radius 1 is 1.18 bits per heavy atom. The molecule has 5 aliphatic rings. The maximum atomic E-state index is 12.4. The number of aliphatic hydroxyl groups excluding tert-OH is 4. The van der Waals surface area contributed by atoms with Crippen LogP contribution in [-0.4, -0.2) is 74.4 Å². The van der Waals surface area contributed by atoms with Crippen LogP contribution < -0.4 is 0 Å². The number of ether oxygens (including phenoxy) is 2. The highest BCUT2D eigenvalue weighted by Gasteiger charge is 2.83. The lowest BCUT2D eigenvalue weighted by Crippen LogP contribution is -2.77. The monoisotopic (exact) mass is 396 g/mol. The fourth-order valence-corrected chi connectivity index (χ4v) is 7.80. The minimum Gasteiger partial charge on any atom is -0.460 e. The molecule has 5 N–H and O–H groups in total. The van der Waals surface area contributed by atoms with Crippen LogP contribution in [0.5, 0.6) is 0 Å². The Balaban J connectivity index is 1.78. The summed E-state index contributed by atoms with van der Waals surface area (Å²) < 4.78 is 11.5. The quantitative estimate of drug-likeness (QED) is 0.258. The normalized spacial score (nSPS) is 62.5. The van der Waals surface area contributed by atoms with E-state index in [4.69, 9.17) is 9.47 Å². The van der Waals surface area contributed by atoms with Crippen molar-refractivity contribution in [2.45, 2.75) is 63.5 Å². The van der Waals surface area contributed by atoms with Gasteiger partial charge in [-0.15, -0.1) is 0 Å². The molecule has 5 rings (SSSR count). The number of rotatable bonds is 0. The molecular weight excluding hydrogens is 368 g/mol. The number of hydrogen-bond donors (Lipinski definition) is 5. The molecule has 0 aromatic rings. The molecule has 12 atom stereocenters. The van der Waals surface area contributed by atoms with Crippen molar-refractivity contribution >= 4 is 5.97 Å². The number of aliphatic hydroxyl groups is 5. The second kappa shape index (κ2) is 5.36. The number of hydrogen-bond acceptors (Lipinski definition) is 8. The predicted octanol–water partition coefficient (Wildman–Crippen LogP) is -1.07. The van der Waals surface area contributed by atoms with Gasteiger partial charge in [0.15, 0.2) is 11.9 Å². The van der Waals surface area contributed by atoms with Gasteiger partial charge in [0.2, 0.25) is 0 Å². The molecule has 0 aromatic carbocycles. The van der Waals surface area contributed by atoms with E-state index in [2.05, 4.69) is 0 Å². The van der Waals surface area contributed by atoms with E-state index >= 15 is 0 Å². The summed E-state index contributed by atoms with van der Waals surface area (Å²) in [5.74, 6) is -5.11. The van der Waals surface area contributed by atoms with Crippen LogP contribution in [0, 0.1) is 34.5 Å². The van der Waals surface area contributed by atoms with Crippen molar-refractivity contribution in [3.05, 3.63) is 11.6 Å². The van der Waals surface area contributed by atoms with Crippen LogP contribution in [-0.2, 0) is 14.3 Å². The summed E-state index contributed by atoms with van der Waals surface area (Å²) in [6.45, 7) is 5.34. The zero-order valence-electron chi connectivity index (χ0n) is 16.1. The maximum Gasteiger partial charge on any atom is 0.335 e. The Bertz CT molecular complexity index is 767. The summed E-state index contributed by atoms with van der Waals surface area (Å²) in [4.78, 5) is 12.4. The van der Waals surface area contributed by atoms with Crippen LogP contribution in [0.25, 0.3) is 0 Å². The minimum atomic E-state index is -1.97. The Kier molecular flexibility index (Phi) is 3.63. The Morgan fingerprint density at radius 3 is 2.54 bits per heavy atom. The summed E-state index contributed by atoms with van der Waals surface area (Å²) in [7, 11) is 0. The van der Waals surface area contributed by atoms with Crippen LogP contribution in [0.1, 0.15) is 27.2 Å². The number of fused-ring (bicyclic) bond motifs is 1. The molecule has 2 aliphatic heterocycles. The van der Waals surface area contributed by atoms with E-state index in [9.17, 15) is 30.3 Å². The number of allylic oxidation sites excluding steroid dienone is 1. The van der Waals surface area contributed by atoms with Gasteiger partial charge in [-0.05, 0) is 25.2 Å². The molecule has 156 valence electrons. The van der Waals surface area contributed by atoms with Crippen LogP contribution >= 0.6 is 0 Å². The maximum absolute atomic E-state index is 12.4. The highest BCUT2D eigenvalue weighted by atomic mass is 16.7. The number of carbonyl (C=O) groups is 1. The third-order valence-electron chi connectivity index (χ3n) is 8.82. The molecular formula is C20H28O8. The van der Waals surface area contributed by atoms with Gasteiger partial charge in [-0.1, -0.05) is 25.5 Å². The van der Waals surface area contributed by atoms with Gasteiger partial charge in [0, 0.05) is 22.7 Å². The van der Waals surface area contributed by atoms with Gasteiger partial charge in [0.25, 0.3) is 0 Å². The van der Waals surface area contributed by atoms with Gasteiger partial charge in [0.1, 0.15) is 12.2 Å². The van der Waals surface area contributed by atoms with E-state index in [1.54, 1.807) is 19.9 Å². The topological polar surface area (TPSA) is 137 Å². The van der Waals surface area contributed by atoms with Crippen LogP contribution in [0.4, 0.5) is 0 Å². The molecule has 0 amide bonds. The molecule has 2 heterocycles. The first-order valence-corrected chi connectivity index (χ1v) is 9.98. The second-order valence-electron chi connectivity index (χ2n) is 9.79. The van der Waals surface area contributed by atoms with E-state index in [0.717, 1.165) is 5.57 Å². The lowest BCUT2D eigenvalue weighted by molar-refractivity contribution is -0.344. The molecule has 8 nitrogen and oxygen atoms in total. The molecule has 28 heavy (non-hydrogen) atoms. The number of esters is 1. The molecule has 8 heteroatoms. The van der Waals surface area contributed by atoms with Crippen LogP contribution in [0.3, 0.4) is 0 Å². The molecule has 0 unspecified atom stereocenters. The average Bonchev–Trinajstić information content (AvgIpc) is 2.92. The van der Waals surface area contributed by atoms with Crippen molar-refractivity contribution in [2.24, 2.45) is 34.5 Å². The zero-order valence-corrected chi connectivity index (χ0v) is 16.1. The summed E-state index contributed by atoms with van der Waals surface area (Å²) in [5, 5.41) is 54.8. The molecule has 4 fully saturated rings. The molecule has 2 saturated carbocycles. The standard InChI is InChI=1S/C20H28O8/c1-7-4-10(21)15(24)18(3)9(7)5-11-19-6-27-20(26,17(18)19)14(23)8(2)12(19)13(22)16(25)28-11/h4,8-15,17,21-24,26H,5-6H2,1-3H3/t8-,9-,10-,11-,12-,13-,14+,15-,17+,18+,19-,20-/m0/s1. The largest absolute Gasteiger partial charge is 0.460 e. The van der Waals surface area contributed by atoms with E-state index in [0.29, 0.717) is 6.42 Å². The molecule has 0 aromatic heterocycles. The Labute approximate surface area is 162 Å². The van der Waals surface area contributed by atoms with Crippen molar-refractivity contribution in [1.29, 1.82) is 0 Å². The fourth-order valence-electron chi connectivity index (χ4n) is 7.80. The van der Waals surface area contributed by atoms with Crippen LogP contribution in [0.2, 0.25) is 0 Å². The Morgan fingerprint density at radius 2 is 1.86 bits per heavy atom. The zero-order chi connectivity index (χ0) is 20.4. The van der Waals surface area contributed by atoms with E-state index < -0.39 is 70.9 Å². The lowest BCUT2D eigenvalue weighted by Gasteiger charge is -2.68. The molecule has 3 aliphatic carbocycles. The first kappa shape index (κ1) is 19.0. The fraction of sp³-hybridized carbons (Fsp3) is 0.850. The average molecular weight is 396 g/mol. The van der Waals surface area contributed by atoms with Crippen molar-refractivity contribution in [2.75, 3.05) is 6.61 Å². The molecule has 2 bridgehead atoms. The van der Waals surface area contributed by atoms with Gasteiger partial charge in [-0.2, -0.15) is 0 Å². The summed E-state index contributed by atoms with van der Waals surface area (Å²) in [5.41, 5.74) is -1.15. The number of carbonyl (C=O) groups excluding carboxylic acids is 1. The SMILES string of the molecule is CC1=C[C@H](O)[C@H](O)[C@]2(C)[C@H]3[C@@]4(O)OC[C@]35[C@@H]([C@H](C)[C@H]4O)[C@H](O)C(=O)O[C@H]5C[C@@H]12. The minimum absolute atomic E-state index is 0.00310. The summed E-state index contributed by atoms with van der Waals surface area (Å²) in [6.07, 6.45) is -3.75. The lowest BCUT2D eigenvalue weighted by atomic mass is 9.38. The van der Waals surface area contributed by atoms with Gasteiger partial charge >= 0.3 is 5.97 Å². The summed E-state index contributed by atoms with van der Waals surface area (Å²) >= 11 is 0. The van der Waals surface area contributed by atoms with Crippen molar-refractivity contribution in [3.63, 3.8) is 0 Å². The van der Waals surface area contributed by atoms with Crippen molar-refractivity contribution in [3.8, 4) is 0 Å². The third kappa shape index (κ3) is 1.77. The molecule has 1 spiro atoms. The first-order chi connectivity index (χ1) is 13.0. The van der Waals surface area contributed by atoms with Gasteiger partial charge in [-0.25, -0.2) is 4.79 Å². The van der Waals surface area contributed by atoms with E-state index in [-0.39, 0.29) is 12.5 Å². The molecule has 0 radical (unpaired) electrons. The van der Waals surface area contributed by atoms with Gasteiger partial charge in [0.05, 0.1) is 18.8 Å². The van der Waals surface area contributed by atoms with Crippen LogP contribution in [0.15, 0.2) is 11.6 Å². The van der Waals surface area contributed by atoms with Gasteiger partial charge in [-0.3, -0.25) is 0 Å². The van der Waals surface area contributed by atoms with Gasteiger partial charge < -0.3 is 35.0 Å². The smallest absolute Gasteiger partial charge is 0.335 e. The summed E-state index contributed by atoms with van der Waals surface area (Å²) in [6, 6.07) is 0. The predicted molar refractivity (Wildman–Crippen MR) is 93.4 cm³/mol. The second-order valence-corrected chi connectivity index (χ2v) is 9.79. The third-order valence-corrected chi connectivity index (χ3v) is 8.82. The van der Waals surface area contributed by atoms with Crippen molar-refractivity contribution < 1.29 is 39.8 Å². The van der Waals surface area contributed by atoms with Crippen molar-refractivity contribution in [1.82, 2.24) is 0 Å². The first-order valence-electron chi connectivity index (χ1n) is 9.98. The molecule has 2 saturated heterocycles. The Hall–Kier alpha value is -1.03. The highest BCUT2D eigenvalue weighted by molar-refractivity contribution is 5.76. The van der Waals surface area contributed by atoms with E-state index in [1.165, 1.54) is 0 Å². The highest BCUT2D eigenvalue weighted by Crippen LogP contribution is 2.73. The van der Waals surface area contributed by atoms with E-state index in [1.807, 2.05) is 6.92 Å².